The second-order valence-corrected chi connectivity index (χ2v) is 6.08. The van der Waals surface area contributed by atoms with Crippen molar-refractivity contribution in [2.75, 3.05) is 5.32 Å². The van der Waals surface area contributed by atoms with Gasteiger partial charge in [0.2, 0.25) is 5.91 Å². The summed E-state index contributed by atoms with van der Waals surface area (Å²) in [7, 11) is 0. The summed E-state index contributed by atoms with van der Waals surface area (Å²) in [6.45, 7) is 1.74. The zero-order valence-corrected chi connectivity index (χ0v) is 13.5. The zero-order valence-electron chi connectivity index (χ0n) is 12.6. The molecule has 0 saturated carbocycles. The number of benzene rings is 1. The molecule has 0 aliphatic rings. The number of amides is 1. The predicted octanol–water partition coefficient (Wildman–Crippen LogP) is 3.43. The van der Waals surface area contributed by atoms with Crippen molar-refractivity contribution >= 4 is 33.9 Å². The number of para-hydroxylation sites is 1. The lowest BCUT2D eigenvalue weighted by molar-refractivity contribution is -0.115. The van der Waals surface area contributed by atoms with Gasteiger partial charge in [-0.25, -0.2) is 0 Å². The van der Waals surface area contributed by atoms with Gasteiger partial charge in [-0.1, -0.05) is 22.4 Å². The third-order valence-electron chi connectivity index (χ3n) is 3.44. The quantitative estimate of drug-likeness (QED) is 0.611. The van der Waals surface area contributed by atoms with Crippen LogP contribution in [0.15, 0.2) is 44.8 Å². The molecule has 0 spiro atoms. The van der Waals surface area contributed by atoms with Gasteiger partial charge in [-0.15, -0.1) is 11.3 Å². The van der Waals surface area contributed by atoms with Crippen LogP contribution in [-0.4, -0.2) is 21.2 Å². The highest BCUT2D eigenvalue weighted by atomic mass is 32.1. The smallest absolute Gasteiger partial charge is 0.270 e. The van der Waals surface area contributed by atoms with Crippen LogP contribution in [0.5, 0.6) is 0 Å². The Hall–Kier alpha value is -3.00. The van der Waals surface area contributed by atoms with Gasteiger partial charge in [0.1, 0.15) is 10.6 Å². The Morgan fingerprint density at radius 1 is 1.21 bits per heavy atom. The van der Waals surface area contributed by atoms with Gasteiger partial charge in [0.05, 0.1) is 12.1 Å². The molecule has 3 aromatic heterocycles. The number of carbonyl (C=O) groups is 1. The Balaban J connectivity index is 1.54. The highest BCUT2D eigenvalue weighted by Crippen LogP contribution is 2.32. The van der Waals surface area contributed by atoms with E-state index in [1.807, 2.05) is 29.6 Å². The summed E-state index contributed by atoms with van der Waals surface area (Å²) in [6, 6.07) is 9.25. The van der Waals surface area contributed by atoms with E-state index in [2.05, 4.69) is 20.6 Å². The maximum Gasteiger partial charge on any atom is 0.270 e. The van der Waals surface area contributed by atoms with Crippen molar-refractivity contribution in [2.45, 2.75) is 13.3 Å². The molecule has 24 heavy (non-hydrogen) atoms. The number of rotatable bonds is 4. The molecule has 0 bridgehead atoms. The fraction of sp³-hybridized carbons (Fsp3) is 0.125. The van der Waals surface area contributed by atoms with Crippen molar-refractivity contribution in [2.24, 2.45) is 0 Å². The first-order valence-electron chi connectivity index (χ1n) is 7.22. The van der Waals surface area contributed by atoms with Gasteiger partial charge in [0.25, 0.3) is 5.89 Å². The van der Waals surface area contributed by atoms with Gasteiger partial charge in [-0.3, -0.25) is 4.79 Å². The molecular formula is C16H12N4O3S. The van der Waals surface area contributed by atoms with Crippen LogP contribution in [0.1, 0.15) is 11.5 Å². The molecular weight excluding hydrogens is 328 g/mol. The summed E-state index contributed by atoms with van der Waals surface area (Å²) in [5.41, 5.74) is 1.91. The molecule has 0 radical (unpaired) electrons. The van der Waals surface area contributed by atoms with E-state index in [1.165, 1.54) is 11.3 Å². The number of aryl methyl sites for hydroxylation is 1. The van der Waals surface area contributed by atoms with E-state index in [-0.39, 0.29) is 12.3 Å². The Morgan fingerprint density at radius 3 is 2.92 bits per heavy atom. The number of fused-ring (bicyclic) bond motifs is 1. The van der Waals surface area contributed by atoms with Crippen molar-refractivity contribution in [1.29, 1.82) is 0 Å². The molecule has 1 aromatic carbocycles. The summed E-state index contributed by atoms with van der Waals surface area (Å²) in [4.78, 5) is 17.3. The van der Waals surface area contributed by atoms with Crippen LogP contribution in [0.2, 0.25) is 0 Å². The summed E-state index contributed by atoms with van der Waals surface area (Å²) in [6.07, 6.45) is 0.120. The van der Waals surface area contributed by atoms with Gasteiger partial charge in [-0.05, 0) is 30.5 Å². The van der Waals surface area contributed by atoms with E-state index in [9.17, 15) is 4.79 Å². The molecule has 8 heteroatoms. The molecule has 0 fully saturated rings. The number of aromatic nitrogens is 3. The Labute approximate surface area is 140 Å². The van der Waals surface area contributed by atoms with E-state index in [0.29, 0.717) is 28.7 Å². The monoisotopic (exact) mass is 340 g/mol. The van der Waals surface area contributed by atoms with E-state index >= 15 is 0 Å². The van der Waals surface area contributed by atoms with Gasteiger partial charge in [-0.2, -0.15) is 4.98 Å². The fourth-order valence-corrected chi connectivity index (χ4v) is 3.14. The maximum absolute atomic E-state index is 12.4. The van der Waals surface area contributed by atoms with E-state index < -0.39 is 0 Å². The third kappa shape index (κ3) is 2.67. The molecule has 0 saturated heterocycles. The largest absolute Gasteiger partial charge is 0.356 e. The van der Waals surface area contributed by atoms with Crippen LogP contribution < -0.4 is 5.32 Å². The van der Waals surface area contributed by atoms with Crippen LogP contribution in [0.3, 0.4) is 0 Å². The van der Waals surface area contributed by atoms with E-state index in [4.69, 9.17) is 9.05 Å². The molecule has 1 N–H and O–H groups in total. The molecule has 0 aliphatic carbocycles. The third-order valence-corrected chi connectivity index (χ3v) is 4.34. The number of carbonyl (C=O) groups excluding carboxylic acids is 1. The van der Waals surface area contributed by atoms with Crippen molar-refractivity contribution in [3.8, 4) is 10.8 Å². The number of nitrogens with one attached hydrogen (secondary N) is 1. The van der Waals surface area contributed by atoms with Crippen molar-refractivity contribution in [3.63, 3.8) is 0 Å². The number of nitrogens with zero attached hydrogens (tertiary/aromatic N) is 3. The van der Waals surface area contributed by atoms with E-state index in [1.54, 1.807) is 13.0 Å². The van der Waals surface area contributed by atoms with Crippen LogP contribution >= 0.6 is 11.3 Å². The molecule has 120 valence electrons. The van der Waals surface area contributed by atoms with Crippen molar-refractivity contribution < 1.29 is 13.8 Å². The fourth-order valence-electron chi connectivity index (χ4n) is 2.37. The highest BCUT2D eigenvalue weighted by Gasteiger charge is 2.17. The second kappa shape index (κ2) is 5.89. The first-order valence-corrected chi connectivity index (χ1v) is 8.10. The first kappa shape index (κ1) is 14.6. The molecule has 0 unspecified atom stereocenters. The van der Waals surface area contributed by atoms with Crippen LogP contribution in [-0.2, 0) is 11.2 Å². The van der Waals surface area contributed by atoms with Crippen LogP contribution in [0.4, 0.5) is 5.69 Å². The summed E-state index contributed by atoms with van der Waals surface area (Å²) < 4.78 is 10.4. The Bertz CT molecular complexity index is 1020. The van der Waals surface area contributed by atoms with Crippen LogP contribution in [0.25, 0.3) is 21.7 Å². The Morgan fingerprint density at radius 2 is 2.08 bits per heavy atom. The van der Waals surface area contributed by atoms with Gasteiger partial charge < -0.3 is 14.4 Å². The second-order valence-electron chi connectivity index (χ2n) is 5.16. The minimum atomic E-state index is -0.190. The number of hydrogen-bond donors (Lipinski definition) is 1. The van der Waals surface area contributed by atoms with Gasteiger partial charge >= 0.3 is 0 Å². The summed E-state index contributed by atoms with van der Waals surface area (Å²) in [5.74, 6) is 0.749. The lowest BCUT2D eigenvalue weighted by Gasteiger charge is -2.03. The van der Waals surface area contributed by atoms with Gasteiger partial charge in [0, 0.05) is 5.39 Å². The van der Waals surface area contributed by atoms with Gasteiger partial charge in [0.15, 0.2) is 11.4 Å². The summed E-state index contributed by atoms with van der Waals surface area (Å²) in [5, 5.41) is 13.3. The summed E-state index contributed by atoms with van der Waals surface area (Å²) >= 11 is 1.42. The predicted molar refractivity (Wildman–Crippen MR) is 88.7 cm³/mol. The Kier molecular flexibility index (Phi) is 3.58. The lowest BCUT2D eigenvalue weighted by Crippen LogP contribution is -2.14. The minimum absolute atomic E-state index is 0.120. The molecule has 4 aromatic rings. The number of anilines is 1. The molecule has 7 nitrogen and oxygen atoms in total. The van der Waals surface area contributed by atoms with Crippen molar-refractivity contribution in [1.82, 2.24) is 15.3 Å². The SMILES string of the molecule is Cc1noc(-c2sccc2NC(=O)Cc2noc3ccccc23)n1. The highest BCUT2D eigenvalue weighted by molar-refractivity contribution is 7.14. The first-order chi connectivity index (χ1) is 11.7. The molecule has 0 aliphatic heterocycles. The standard InChI is InChI=1S/C16H12N4O3S/c1-9-17-16(23-19-9)15-11(6-7-24-15)18-14(21)8-12-10-4-2-3-5-13(10)22-20-12/h2-7H,8H2,1H3,(H,18,21). The number of thiophene rings is 1. The zero-order chi connectivity index (χ0) is 16.5. The van der Waals surface area contributed by atoms with Crippen molar-refractivity contribution in [3.05, 3.63) is 47.2 Å². The minimum Gasteiger partial charge on any atom is -0.356 e. The lowest BCUT2D eigenvalue weighted by atomic mass is 10.1. The maximum atomic E-state index is 12.4. The number of hydrogen-bond acceptors (Lipinski definition) is 7. The average Bonchev–Trinajstić information content (AvgIpc) is 3.28. The molecule has 0 atom stereocenters. The normalized spacial score (nSPS) is 11.0. The molecule has 4 rings (SSSR count). The van der Waals surface area contributed by atoms with Crippen LogP contribution in [0, 0.1) is 6.92 Å². The molecule has 3 heterocycles. The average molecular weight is 340 g/mol. The molecule has 1 amide bonds. The van der Waals surface area contributed by atoms with E-state index in [0.717, 1.165) is 10.3 Å². The topological polar surface area (TPSA) is 94.1 Å².